The number of thiazole rings is 1. The highest BCUT2D eigenvalue weighted by molar-refractivity contribution is 8.00. The van der Waals surface area contributed by atoms with E-state index in [4.69, 9.17) is 0 Å². The minimum atomic E-state index is -0.394. The van der Waals surface area contributed by atoms with Crippen LogP contribution < -0.4 is 10.0 Å². The van der Waals surface area contributed by atoms with Gasteiger partial charge in [0.25, 0.3) is 0 Å². The van der Waals surface area contributed by atoms with Crippen LogP contribution in [0.1, 0.15) is 24.0 Å². The van der Waals surface area contributed by atoms with Gasteiger partial charge in [-0.25, -0.2) is 18.7 Å². The Hall–Kier alpha value is -2.69. The second-order valence-corrected chi connectivity index (χ2v) is 9.17. The number of benzene rings is 1. The third-order valence-corrected chi connectivity index (χ3v) is 6.99. The number of halogens is 2. The third kappa shape index (κ3) is 4.43. The van der Waals surface area contributed by atoms with E-state index < -0.39 is 5.82 Å². The molecule has 166 valence electrons. The predicted molar refractivity (Wildman–Crippen MR) is 125 cm³/mol. The number of likely N-dealkylation sites (tertiary alicyclic amines) is 1. The smallest absolute Gasteiger partial charge is 0.153 e. The summed E-state index contributed by atoms with van der Waals surface area (Å²) in [6.07, 6.45) is 5.77. The first kappa shape index (κ1) is 21.2. The van der Waals surface area contributed by atoms with Gasteiger partial charge < -0.3 is 10.0 Å². The van der Waals surface area contributed by atoms with Crippen LogP contribution in [0.4, 0.5) is 20.4 Å². The number of imidazole rings is 1. The van der Waals surface area contributed by atoms with Crippen molar-refractivity contribution >= 4 is 40.6 Å². The average molecular weight is 473 g/mol. The van der Waals surface area contributed by atoms with Crippen molar-refractivity contribution in [1.82, 2.24) is 19.3 Å². The molecule has 1 aliphatic heterocycles. The summed E-state index contributed by atoms with van der Waals surface area (Å²) in [4.78, 5) is 11.8. The van der Waals surface area contributed by atoms with Crippen molar-refractivity contribution in [2.75, 3.05) is 23.1 Å². The van der Waals surface area contributed by atoms with Gasteiger partial charge in [0.1, 0.15) is 23.3 Å². The quantitative estimate of drug-likeness (QED) is 0.335. The van der Waals surface area contributed by atoms with Crippen LogP contribution in [0, 0.1) is 11.6 Å². The van der Waals surface area contributed by atoms with Gasteiger partial charge in [-0.1, -0.05) is 0 Å². The van der Waals surface area contributed by atoms with E-state index in [2.05, 4.69) is 24.9 Å². The van der Waals surface area contributed by atoms with Crippen molar-refractivity contribution in [3.05, 3.63) is 70.3 Å². The van der Waals surface area contributed by atoms with Crippen LogP contribution in [0.5, 0.6) is 0 Å². The summed E-state index contributed by atoms with van der Waals surface area (Å²) in [5, 5.41) is 5.21. The number of hydrogen-bond acceptors (Lipinski definition) is 7. The van der Waals surface area contributed by atoms with Crippen molar-refractivity contribution in [1.29, 1.82) is 0 Å². The van der Waals surface area contributed by atoms with Gasteiger partial charge in [-0.2, -0.15) is 0 Å². The number of hydrogen-bond donors (Lipinski definition) is 2. The molecule has 1 aliphatic rings. The predicted octanol–water partition coefficient (Wildman–Crippen LogP) is 5.40. The van der Waals surface area contributed by atoms with Crippen LogP contribution in [0.2, 0.25) is 0 Å². The van der Waals surface area contributed by atoms with Crippen molar-refractivity contribution in [3.8, 4) is 0 Å². The van der Waals surface area contributed by atoms with E-state index in [9.17, 15) is 8.78 Å². The van der Waals surface area contributed by atoms with E-state index in [-0.39, 0.29) is 12.4 Å². The molecule has 6 nitrogen and oxygen atoms in total. The lowest BCUT2D eigenvalue weighted by molar-refractivity contribution is 0.323. The molecule has 0 atom stereocenters. The lowest BCUT2D eigenvalue weighted by atomic mass is 10.1. The number of nitrogens with zero attached hydrogens (tertiary/aromatic N) is 4. The highest BCUT2D eigenvalue weighted by Crippen LogP contribution is 2.28. The van der Waals surface area contributed by atoms with Crippen LogP contribution in [0.25, 0.3) is 5.65 Å². The second kappa shape index (κ2) is 9.43. The molecule has 0 spiro atoms. The molecule has 1 aromatic carbocycles. The first-order chi connectivity index (χ1) is 15.7. The molecule has 0 aliphatic carbocycles. The van der Waals surface area contributed by atoms with E-state index >= 15 is 0 Å². The molecule has 1 saturated heterocycles. The fourth-order valence-corrected chi connectivity index (χ4v) is 5.19. The van der Waals surface area contributed by atoms with Gasteiger partial charge in [-0.15, -0.1) is 11.3 Å². The van der Waals surface area contributed by atoms with E-state index in [1.54, 1.807) is 11.7 Å². The van der Waals surface area contributed by atoms with E-state index in [1.807, 2.05) is 28.1 Å². The summed E-state index contributed by atoms with van der Waals surface area (Å²) in [6, 6.07) is 6.29. The Morgan fingerprint density at radius 3 is 2.62 bits per heavy atom. The fraction of sp³-hybridized carbons (Fsp3) is 0.273. The average Bonchev–Trinajstić information content (AvgIpc) is 3.57. The summed E-state index contributed by atoms with van der Waals surface area (Å²) in [5.41, 5.74) is 3.33. The number of nitrogens with one attached hydrogen (secondary N) is 2. The van der Waals surface area contributed by atoms with Crippen molar-refractivity contribution < 1.29 is 8.78 Å². The topological polar surface area (TPSA) is 57.5 Å². The first-order valence-electron chi connectivity index (χ1n) is 10.4. The Kier molecular flexibility index (Phi) is 6.24. The summed E-state index contributed by atoms with van der Waals surface area (Å²) < 4.78 is 34.4. The van der Waals surface area contributed by atoms with Crippen molar-refractivity contribution in [2.45, 2.75) is 30.8 Å². The lowest BCUT2D eigenvalue weighted by Gasteiger charge is -2.19. The molecule has 10 heteroatoms. The first-order valence-corrected chi connectivity index (χ1v) is 12.1. The molecular formula is C22H22F2N6S2. The Bertz CT molecular complexity index is 1200. The van der Waals surface area contributed by atoms with Gasteiger partial charge in [0.05, 0.1) is 10.4 Å². The monoisotopic (exact) mass is 472 g/mol. The maximum atomic E-state index is 14.7. The van der Waals surface area contributed by atoms with Gasteiger partial charge in [-0.05, 0) is 62.1 Å². The summed E-state index contributed by atoms with van der Waals surface area (Å²) >= 11 is 2.95. The molecular weight excluding hydrogens is 450 g/mol. The zero-order valence-corrected chi connectivity index (χ0v) is 18.9. The molecule has 0 saturated carbocycles. The van der Waals surface area contributed by atoms with E-state index in [1.165, 1.54) is 35.4 Å². The van der Waals surface area contributed by atoms with Crippen molar-refractivity contribution in [3.63, 3.8) is 0 Å². The highest BCUT2D eigenvalue weighted by Gasteiger charge is 2.19. The molecule has 0 unspecified atom stereocenters. The minimum absolute atomic E-state index is 0.184. The fourth-order valence-electron chi connectivity index (χ4n) is 3.92. The Morgan fingerprint density at radius 2 is 1.84 bits per heavy atom. The zero-order chi connectivity index (χ0) is 21.9. The number of pyridine rings is 1. The molecule has 2 N–H and O–H groups in total. The van der Waals surface area contributed by atoms with Crippen LogP contribution in [0.3, 0.4) is 0 Å². The second-order valence-electron chi connectivity index (χ2n) is 7.60. The molecule has 4 aromatic rings. The van der Waals surface area contributed by atoms with Crippen LogP contribution in [0.15, 0.2) is 52.4 Å². The summed E-state index contributed by atoms with van der Waals surface area (Å²) in [7, 11) is 0. The van der Waals surface area contributed by atoms with Gasteiger partial charge in [0, 0.05) is 42.0 Å². The molecule has 0 bridgehead atoms. The molecule has 0 amide bonds. The SMILES string of the molecule is Fc1ccc(F)c(CN2CCCC2)c1CNc1ccc(SNc2cscn2)c2nccn12. The number of fused-ring (bicyclic) bond motifs is 1. The summed E-state index contributed by atoms with van der Waals surface area (Å²) in [5.74, 6) is 0.794. The Labute approximate surface area is 192 Å². The number of anilines is 2. The highest BCUT2D eigenvalue weighted by atomic mass is 32.2. The lowest BCUT2D eigenvalue weighted by Crippen LogP contribution is -2.21. The molecule has 1 fully saturated rings. The molecule has 0 radical (unpaired) electrons. The van der Waals surface area contributed by atoms with Gasteiger partial charge in [0.2, 0.25) is 0 Å². The number of rotatable bonds is 8. The minimum Gasteiger partial charge on any atom is -0.367 e. The standard InChI is InChI=1S/C22H22F2N6S2/c23-17-3-4-18(24)16(12-29-8-1-2-9-29)15(17)11-26-21-6-5-19(22-25-7-10-30(21)22)32-28-20-13-31-14-27-20/h3-7,10,13-14,26,28H,1-2,8-9,11-12H2. The van der Waals surface area contributed by atoms with Gasteiger partial charge in [0.15, 0.2) is 5.65 Å². The molecule has 5 rings (SSSR count). The maximum absolute atomic E-state index is 14.7. The number of aromatic nitrogens is 3. The molecule has 4 heterocycles. The molecule has 3 aromatic heterocycles. The normalized spacial score (nSPS) is 14.3. The largest absolute Gasteiger partial charge is 0.367 e. The van der Waals surface area contributed by atoms with Crippen LogP contribution >= 0.6 is 23.3 Å². The Balaban J connectivity index is 1.36. The van der Waals surface area contributed by atoms with Crippen molar-refractivity contribution in [2.24, 2.45) is 0 Å². The van der Waals surface area contributed by atoms with Gasteiger partial charge in [-0.3, -0.25) is 9.30 Å². The Morgan fingerprint density at radius 1 is 1.03 bits per heavy atom. The van der Waals surface area contributed by atoms with E-state index in [0.717, 1.165) is 48.1 Å². The third-order valence-electron chi connectivity index (χ3n) is 5.55. The summed E-state index contributed by atoms with van der Waals surface area (Å²) in [6.45, 7) is 2.46. The van der Waals surface area contributed by atoms with Crippen LogP contribution in [-0.2, 0) is 13.1 Å². The van der Waals surface area contributed by atoms with Crippen LogP contribution in [-0.4, -0.2) is 32.4 Å². The molecule has 32 heavy (non-hydrogen) atoms. The van der Waals surface area contributed by atoms with E-state index in [0.29, 0.717) is 17.7 Å². The zero-order valence-electron chi connectivity index (χ0n) is 17.2. The van der Waals surface area contributed by atoms with Gasteiger partial charge >= 0.3 is 0 Å². The maximum Gasteiger partial charge on any atom is 0.153 e.